The van der Waals surface area contributed by atoms with Crippen molar-refractivity contribution in [2.75, 3.05) is 18.8 Å². The Bertz CT molecular complexity index is 459. The van der Waals surface area contributed by atoms with Crippen LogP contribution in [0.25, 0.3) is 0 Å². The highest BCUT2D eigenvalue weighted by Crippen LogP contribution is 2.21. The van der Waals surface area contributed by atoms with Gasteiger partial charge in [0.05, 0.1) is 11.7 Å². The van der Waals surface area contributed by atoms with Gasteiger partial charge in [0.2, 0.25) is 0 Å². The molecule has 0 bridgehead atoms. The molecule has 4 nitrogen and oxygen atoms in total. The maximum Gasteiger partial charge on any atom is 0.255 e. The standard InChI is InChI=1S/C14H20N2O2/c1-9-3-4-11(12(15)7-9)14(18)16-6-5-13(17)10(2)8-16/h3-4,7,10,13,17H,5-6,8,15H2,1-2H3. The average Bonchev–Trinajstić information content (AvgIpc) is 2.32. The molecule has 3 N–H and O–H groups in total. The van der Waals surface area contributed by atoms with Gasteiger partial charge in [0.25, 0.3) is 5.91 Å². The molecule has 1 aromatic carbocycles. The van der Waals surface area contributed by atoms with Gasteiger partial charge in [-0.3, -0.25) is 4.79 Å². The quantitative estimate of drug-likeness (QED) is 0.739. The number of carbonyl (C=O) groups excluding carboxylic acids is 1. The minimum atomic E-state index is -0.301. The van der Waals surface area contributed by atoms with Crippen molar-refractivity contribution in [3.8, 4) is 0 Å². The lowest BCUT2D eigenvalue weighted by molar-refractivity contribution is 0.0298. The number of nitrogens with zero attached hydrogens (tertiary/aromatic N) is 1. The first-order valence-electron chi connectivity index (χ1n) is 6.32. The van der Waals surface area contributed by atoms with Crippen molar-refractivity contribution in [2.24, 2.45) is 5.92 Å². The molecule has 4 heteroatoms. The molecule has 2 unspecified atom stereocenters. The van der Waals surface area contributed by atoms with Gasteiger partial charge >= 0.3 is 0 Å². The number of nitrogen functional groups attached to an aromatic ring is 1. The lowest BCUT2D eigenvalue weighted by atomic mass is 9.96. The van der Waals surface area contributed by atoms with Gasteiger partial charge in [0.1, 0.15) is 0 Å². The van der Waals surface area contributed by atoms with E-state index in [4.69, 9.17) is 5.73 Å². The van der Waals surface area contributed by atoms with Crippen LogP contribution < -0.4 is 5.73 Å². The van der Waals surface area contributed by atoms with Crippen molar-refractivity contribution in [1.29, 1.82) is 0 Å². The second-order valence-corrected chi connectivity index (χ2v) is 5.18. The van der Waals surface area contributed by atoms with Crippen molar-refractivity contribution in [3.63, 3.8) is 0 Å². The first-order valence-corrected chi connectivity index (χ1v) is 6.32. The third kappa shape index (κ3) is 2.48. The summed E-state index contributed by atoms with van der Waals surface area (Å²) in [6.45, 7) is 5.09. The third-order valence-electron chi connectivity index (χ3n) is 3.58. The Morgan fingerprint density at radius 2 is 2.22 bits per heavy atom. The molecule has 0 aromatic heterocycles. The van der Waals surface area contributed by atoms with E-state index in [0.29, 0.717) is 30.8 Å². The van der Waals surface area contributed by atoms with E-state index in [1.54, 1.807) is 11.0 Å². The monoisotopic (exact) mass is 248 g/mol. The highest BCUT2D eigenvalue weighted by molar-refractivity contribution is 5.99. The van der Waals surface area contributed by atoms with Crippen LogP contribution in [0.1, 0.15) is 29.3 Å². The van der Waals surface area contributed by atoms with Crippen LogP contribution in [-0.4, -0.2) is 35.1 Å². The minimum absolute atomic E-state index is 0.0359. The summed E-state index contributed by atoms with van der Waals surface area (Å²) in [5, 5.41) is 9.68. The number of piperidine rings is 1. The zero-order valence-corrected chi connectivity index (χ0v) is 10.9. The fraction of sp³-hybridized carbons (Fsp3) is 0.500. The van der Waals surface area contributed by atoms with Crippen molar-refractivity contribution in [2.45, 2.75) is 26.4 Å². The number of benzene rings is 1. The van der Waals surface area contributed by atoms with Crippen molar-refractivity contribution >= 4 is 11.6 Å². The van der Waals surface area contributed by atoms with E-state index in [0.717, 1.165) is 5.56 Å². The molecule has 1 saturated heterocycles. The molecule has 2 atom stereocenters. The number of aryl methyl sites for hydroxylation is 1. The van der Waals surface area contributed by atoms with Gasteiger partial charge in [-0.25, -0.2) is 0 Å². The summed E-state index contributed by atoms with van der Waals surface area (Å²) in [7, 11) is 0. The molecule has 1 aliphatic heterocycles. The number of likely N-dealkylation sites (tertiary alicyclic amines) is 1. The number of hydrogen-bond donors (Lipinski definition) is 2. The molecule has 1 aliphatic rings. The van der Waals surface area contributed by atoms with Gasteiger partial charge < -0.3 is 15.7 Å². The number of aliphatic hydroxyl groups excluding tert-OH is 1. The number of amides is 1. The smallest absolute Gasteiger partial charge is 0.255 e. The Morgan fingerprint density at radius 1 is 1.50 bits per heavy atom. The van der Waals surface area contributed by atoms with E-state index in [-0.39, 0.29) is 17.9 Å². The molecular weight excluding hydrogens is 228 g/mol. The molecule has 1 heterocycles. The number of anilines is 1. The molecule has 1 fully saturated rings. The maximum absolute atomic E-state index is 12.3. The minimum Gasteiger partial charge on any atom is -0.398 e. The summed E-state index contributed by atoms with van der Waals surface area (Å²) >= 11 is 0. The van der Waals surface area contributed by atoms with Crippen LogP contribution in [0.4, 0.5) is 5.69 Å². The second-order valence-electron chi connectivity index (χ2n) is 5.18. The van der Waals surface area contributed by atoms with Gasteiger partial charge in [-0.15, -0.1) is 0 Å². The number of rotatable bonds is 1. The SMILES string of the molecule is Cc1ccc(C(=O)N2CCC(O)C(C)C2)c(N)c1. The van der Waals surface area contributed by atoms with E-state index >= 15 is 0 Å². The molecule has 18 heavy (non-hydrogen) atoms. The highest BCUT2D eigenvalue weighted by atomic mass is 16.3. The molecule has 1 amide bonds. The number of carbonyl (C=O) groups is 1. The first-order chi connectivity index (χ1) is 8.49. The van der Waals surface area contributed by atoms with Gasteiger partial charge in [0.15, 0.2) is 0 Å². The van der Waals surface area contributed by atoms with Crippen LogP contribution in [0.2, 0.25) is 0 Å². The summed E-state index contributed by atoms with van der Waals surface area (Å²) in [6, 6.07) is 5.49. The van der Waals surface area contributed by atoms with E-state index in [9.17, 15) is 9.90 Å². The van der Waals surface area contributed by atoms with E-state index in [1.165, 1.54) is 0 Å². The van der Waals surface area contributed by atoms with Gasteiger partial charge in [-0.05, 0) is 37.0 Å². The van der Waals surface area contributed by atoms with Crippen LogP contribution in [-0.2, 0) is 0 Å². The zero-order chi connectivity index (χ0) is 13.3. The highest BCUT2D eigenvalue weighted by Gasteiger charge is 2.28. The largest absolute Gasteiger partial charge is 0.398 e. The third-order valence-corrected chi connectivity index (χ3v) is 3.58. The molecular formula is C14H20N2O2. The zero-order valence-electron chi connectivity index (χ0n) is 10.9. The van der Waals surface area contributed by atoms with E-state index in [1.807, 2.05) is 26.0 Å². The van der Waals surface area contributed by atoms with Crippen LogP contribution in [0.3, 0.4) is 0 Å². The Kier molecular flexibility index (Phi) is 3.57. The predicted molar refractivity (Wildman–Crippen MR) is 71.3 cm³/mol. The Labute approximate surface area is 107 Å². The Morgan fingerprint density at radius 3 is 2.83 bits per heavy atom. The maximum atomic E-state index is 12.3. The Balaban J connectivity index is 2.16. The first kappa shape index (κ1) is 12.9. The van der Waals surface area contributed by atoms with Gasteiger partial charge in [-0.1, -0.05) is 13.0 Å². The molecule has 0 radical (unpaired) electrons. The molecule has 1 aromatic rings. The lowest BCUT2D eigenvalue weighted by Gasteiger charge is -2.34. The normalized spacial score (nSPS) is 24.1. The number of hydrogen-bond acceptors (Lipinski definition) is 3. The summed E-state index contributed by atoms with van der Waals surface area (Å²) in [5.41, 5.74) is 8.03. The van der Waals surface area contributed by atoms with Crippen molar-refractivity contribution < 1.29 is 9.90 Å². The molecule has 0 spiro atoms. The fourth-order valence-corrected chi connectivity index (χ4v) is 2.36. The Hall–Kier alpha value is -1.55. The summed E-state index contributed by atoms with van der Waals surface area (Å²) in [5.74, 6) is 0.0839. The number of aliphatic hydroxyl groups is 1. The van der Waals surface area contributed by atoms with Gasteiger partial charge in [-0.2, -0.15) is 0 Å². The summed E-state index contributed by atoms with van der Waals surface area (Å²) in [4.78, 5) is 14.1. The molecule has 2 rings (SSSR count). The average molecular weight is 248 g/mol. The van der Waals surface area contributed by atoms with Gasteiger partial charge in [0, 0.05) is 18.8 Å². The molecule has 0 saturated carbocycles. The van der Waals surface area contributed by atoms with Crippen LogP contribution in [0, 0.1) is 12.8 Å². The summed E-state index contributed by atoms with van der Waals surface area (Å²) in [6.07, 6.45) is 0.336. The predicted octanol–water partition coefficient (Wildman–Crippen LogP) is 1.42. The van der Waals surface area contributed by atoms with E-state index < -0.39 is 0 Å². The van der Waals surface area contributed by atoms with Crippen LogP contribution in [0.15, 0.2) is 18.2 Å². The van der Waals surface area contributed by atoms with Crippen molar-refractivity contribution in [1.82, 2.24) is 4.90 Å². The topological polar surface area (TPSA) is 66.6 Å². The fourth-order valence-electron chi connectivity index (χ4n) is 2.36. The van der Waals surface area contributed by atoms with Crippen LogP contribution >= 0.6 is 0 Å². The molecule has 98 valence electrons. The number of nitrogens with two attached hydrogens (primary N) is 1. The second kappa shape index (κ2) is 4.98. The lowest BCUT2D eigenvalue weighted by Crippen LogP contribution is -2.45. The van der Waals surface area contributed by atoms with Crippen molar-refractivity contribution in [3.05, 3.63) is 29.3 Å². The molecule has 0 aliphatic carbocycles. The van der Waals surface area contributed by atoms with Crippen LogP contribution in [0.5, 0.6) is 0 Å². The van der Waals surface area contributed by atoms with E-state index in [2.05, 4.69) is 0 Å². The summed E-state index contributed by atoms with van der Waals surface area (Å²) < 4.78 is 0.